The van der Waals surface area contributed by atoms with Crippen LogP contribution in [0.4, 0.5) is 0 Å². The first-order valence-corrected chi connectivity index (χ1v) is 6.74. The van der Waals surface area contributed by atoms with Crippen LogP contribution in [-0.4, -0.2) is 11.8 Å². The molecule has 4 nitrogen and oxygen atoms in total. The van der Waals surface area contributed by atoms with E-state index in [1.807, 2.05) is 60.7 Å². The van der Waals surface area contributed by atoms with Gasteiger partial charge in [-0.3, -0.25) is 4.79 Å². The fourth-order valence-electron chi connectivity index (χ4n) is 2.47. The average Bonchev–Trinajstić information content (AvgIpc) is 2.54. The zero-order valence-corrected chi connectivity index (χ0v) is 11.1. The van der Waals surface area contributed by atoms with Crippen LogP contribution < -0.4 is 10.1 Å². The maximum atomic E-state index is 12.3. The van der Waals surface area contributed by atoms with E-state index >= 15 is 0 Å². The lowest BCUT2D eigenvalue weighted by atomic mass is 10.0. The first-order chi connectivity index (χ1) is 10.3. The highest BCUT2D eigenvalue weighted by Crippen LogP contribution is 2.30. The number of aliphatic imine (C=N–C) groups is 1. The van der Waals surface area contributed by atoms with Crippen molar-refractivity contribution in [1.82, 2.24) is 5.32 Å². The second kappa shape index (κ2) is 4.59. The molecule has 0 unspecified atom stereocenters. The lowest BCUT2D eigenvalue weighted by Crippen LogP contribution is -2.39. The third-order valence-electron chi connectivity index (χ3n) is 3.53. The molecule has 4 heteroatoms. The van der Waals surface area contributed by atoms with Gasteiger partial charge in [-0.1, -0.05) is 48.5 Å². The molecule has 4 rings (SSSR count). The molecule has 1 N–H and O–H groups in total. The van der Waals surface area contributed by atoms with Crippen LogP contribution in [0, 0.1) is 0 Å². The summed E-state index contributed by atoms with van der Waals surface area (Å²) in [6.45, 7) is 0. The Bertz CT molecular complexity index is 778. The summed E-state index contributed by atoms with van der Waals surface area (Å²) in [7, 11) is 0. The second-order valence-electron chi connectivity index (χ2n) is 4.92. The van der Waals surface area contributed by atoms with Crippen molar-refractivity contribution in [2.75, 3.05) is 0 Å². The summed E-state index contributed by atoms with van der Waals surface area (Å²) in [4.78, 5) is 16.8. The molecule has 0 spiro atoms. The Morgan fingerprint density at radius 1 is 1.00 bits per heavy atom. The lowest BCUT2D eigenvalue weighted by Gasteiger charge is -2.26. The van der Waals surface area contributed by atoms with E-state index in [4.69, 9.17) is 4.74 Å². The highest BCUT2D eigenvalue weighted by molar-refractivity contribution is 6.24. The number of rotatable bonds is 1. The monoisotopic (exact) mass is 276 g/mol. The molecule has 0 fully saturated rings. The minimum absolute atomic E-state index is 0.164. The third kappa shape index (κ3) is 2.01. The molecule has 102 valence electrons. The van der Waals surface area contributed by atoms with Crippen LogP contribution in [0.2, 0.25) is 0 Å². The van der Waals surface area contributed by atoms with Crippen molar-refractivity contribution < 1.29 is 9.53 Å². The van der Waals surface area contributed by atoms with Crippen LogP contribution in [0.3, 0.4) is 0 Å². The Labute approximate surface area is 121 Å². The van der Waals surface area contributed by atoms with E-state index < -0.39 is 6.17 Å². The highest BCUT2D eigenvalue weighted by Gasteiger charge is 2.31. The van der Waals surface area contributed by atoms with Gasteiger partial charge in [0.05, 0.1) is 0 Å². The van der Waals surface area contributed by atoms with Crippen LogP contribution >= 0.6 is 0 Å². The first-order valence-electron chi connectivity index (χ1n) is 6.74. The molecule has 1 amide bonds. The Balaban J connectivity index is 1.78. The molecular weight excluding hydrogens is 264 g/mol. The third-order valence-corrected chi connectivity index (χ3v) is 3.53. The Kier molecular flexibility index (Phi) is 2.60. The Morgan fingerprint density at radius 2 is 1.76 bits per heavy atom. The highest BCUT2D eigenvalue weighted by atomic mass is 16.5. The van der Waals surface area contributed by atoms with Gasteiger partial charge in [-0.2, -0.15) is 0 Å². The topological polar surface area (TPSA) is 50.7 Å². The SMILES string of the molecule is O=C1N[C@@H](c2ccccc2)N=C2Oc3ccccc3C=C12. The van der Waals surface area contributed by atoms with Gasteiger partial charge in [-0.25, -0.2) is 4.99 Å². The number of amides is 1. The summed E-state index contributed by atoms with van der Waals surface area (Å²) < 4.78 is 5.78. The molecule has 2 heterocycles. The van der Waals surface area contributed by atoms with Gasteiger partial charge in [0.15, 0.2) is 6.17 Å². The standard InChI is InChI=1S/C17H12N2O2/c20-16-13-10-12-8-4-5-9-14(12)21-17(13)19-15(18-16)11-6-2-1-3-7-11/h1-10,15H,(H,18,20)/t15-/m1/s1. The summed E-state index contributed by atoms with van der Waals surface area (Å²) in [6, 6.07) is 17.2. The first kappa shape index (κ1) is 11.9. The molecule has 2 aromatic rings. The number of benzene rings is 2. The number of hydrogen-bond donors (Lipinski definition) is 1. The normalized spacial score (nSPS) is 19.4. The number of ether oxygens (including phenoxy) is 1. The lowest BCUT2D eigenvalue weighted by molar-refractivity contribution is -0.118. The molecule has 21 heavy (non-hydrogen) atoms. The molecule has 0 bridgehead atoms. The van der Waals surface area contributed by atoms with Gasteiger partial charge in [0.25, 0.3) is 5.91 Å². The molecule has 0 aliphatic carbocycles. The average molecular weight is 276 g/mol. The molecule has 0 aromatic heterocycles. The van der Waals surface area contributed by atoms with Crippen molar-refractivity contribution in [2.24, 2.45) is 4.99 Å². The van der Waals surface area contributed by atoms with Gasteiger partial charge in [0.1, 0.15) is 11.3 Å². The van der Waals surface area contributed by atoms with E-state index in [0.29, 0.717) is 11.5 Å². The molecular formula is C17H12N2O2. The summed E-state index contributed by atoms with van der Waals surface area (Å²) >= 11 is 0. The molecule has 0 radical (unpaired) electrons. The van der Waals surface area contributed by atoms with Gasteiger partial charge < -0.3 is 10.1 Å². The number of nitrogens with zero attached hydrogens (tertiary/aromatic N) is 1. The van der Waals surface area contributed by atoms with Crippen LogP contribution in [0.15, 0.2) is 65.2 Å². The zero-order chi connectivity index (χ0) is 14.2. The number of hydrogen-bond acceptors (Lipinski definition) is 3. The maximum Gasteiger partial charge on any atom is 0.258 e. The fourth-order valence-corrected chi connectivity index (χ4v) is 2.47. The summed E-state index contributed by atoms with van der Waals surface area (Å²) in [5, 5.41) is 2.89. The van der Waals surface area contributed by atoms with Crippen molar-refractivity contribution in [2.45, 2.75) is 6.17 Å². The van der Waals surface area contributed by atoms with Crippen molar-refractivity contribution in [3.63, 3.8) is 0 Å². The van der Waals surface area contributed by atoms with E-state index in [9.17, 15) is 4.79 Å². The number of carbonyl (C=O) groups is 1. The van der Waals surface area contributed by atoms with Gasteiger partial charge in [0.2, 0.25) is 5.90 Å². The summed E-state index contributed by atoms with van der Waals surface area (Å²) in [5.41, 5.74) is 2.29. The Hall–Kier alpha value is -2.88. The summed E-state index contributed by atoms with van der Waals surface area (Å²) in [6.07, 6.45) is 1.41. The predicted octanol–water partition coefficient (Wildman–Crippen LogP) is 2.69. The zero-order valence-electron chi connectivity index (χ0n) is 11.1. The predicted molar refractivity (Wildman–Crippen MR) is 79.8 cm³/mol. The molecule has 2 aliphatic rings. The quantitative estimate of drug-likeness (QED) is 0.870. The van der Waals surface area contributed by atoms with Gasteiger partial charge in [0, 0.05) is 5.56 Å². The fraction of sp³-hybridized carbons (Fsp3) is 0.0588. The van der Waals surface area contributed by atoms with Crippen molar-refractivity contribution in [1.29, 1.82) is 0 Å². The van der Waals surface area contributed by atoms with Crippen LogP contribution in [-0.2, 0) is 4.79 Å². The van der Waals surface area contributed by atoms with E-state index in [0.717, 1.165) is 16.9 Å². The van der Waals surface area contributed by atoms with Crippen LogP contribution in [0.5, 0.6) is 5.75 Å². The number of fused-ring (bicyclic) bond motifs is 2. The smallest absolute Gasteiger partial charge is 0.258 e. The minimum atomic E-state index is -0.406. The van der Waals surface area contributed by atoms with Gasteiger partial charge in [-0.05, 0) is 17.7 Å². The summed E-state index contributed by atoms with van der Waals surface area (Å²) in [5.74, 6) is 0.941. The van der Waals surface area contributed by atoms with Crippen molar-refractivity contribution >= 4 is 17.9 Å². The van der Waals surface area contributed by atoms with Gasteiger partial charge in [-0.15, -0.1) is 0 Å². The van der Waals surface area contributed by atoms with Crippen molar-refractivity contribution in [3.8, 4) is 5.75 Å². The molecule has 0 saturated heterocycles. The number of nitrogens with one attached hydrogen (secondary N) is 1. The maximum absolute atomic E-state index is 12.3. The van der Waals surface area contributed by atoms with E-state index in [-0.39, 0.29) is 5.91 Å². The molecule has 1 atom stereocenters. The van der Waals surface area contributed by atoms with E-state index in [2.05, 4.69) is 10.3 Å². The van der Waals surface area contributed by atoms with Gasteiger partial charge >= 0.3 is 0 Å². The number of carbonyl (C=O) groups excluding carboxylic acids is 1. The Morgan fingerprint density at radius 3 is 2.62 bits per heavy atom. The minimum Gasteiger partial charge on any atom is -0.438 e. The second-order valence-corrected chi connectivity index (χ2v) is 4.92. The van der Waals surface area contributed by atoms with Crippen LogP contribution in [0.25, 0.3) is 6.08 Å². The van der Waals surface area contributed by atoms with Crippen LogP contribution in [0.1, 0.15) is 17.3 Å². The van der Waals surface area contributed by atoms with E-state index in [1.165, 1.54) is 0 Å². The van der Waals surface area contributed by atoms with E-state index in [1.54, 1.807) is 0 Å². The number of para-hydroxylation sites is 1. The van der Waals surface area contributed by atoms with Crippen molar-refractivity contribution in [3.05, 3.63) is 71.3 Å². The largest absolute Gasteiger partial charge is 0.438 e. The molecule has 0 saturated carbocycles. The molecule has 2 aliphatic heterocycles. The molecule has 2 aromatic carbocycles.